The SMILES string of the molecule is Cc1ccccc1[C@H](C)NCC1(CO)CCCCC1. The van der Waals surface area contributed by atoms with Gasteiger partial charge in [-0.1, -0.05) is 43.5 Å². The number of rotatable bonds is 5. The van der Waals surface area contributed by atoms with Crippen LogP contribution in [0.1, 0.15) is 56.2 Å². The Morgan fingerprint density at radius 2 is 1.89 bits per heavy atom. The molecule has 1 atom stereocenters. The van der Waals surface area contributed by atoms with E-state index in [-0.39, 0.29) is 5.41 Å². The Bertz CT molecular complexity index is 396. The molecule has 2 nitrogen and oxygen atoms in total. The van der Waals surface area contributed by atoms with E-state index in [9.17, 15) is 5.11 Å². The molecule has 1 aromatic carbocycles. The summed E-state index contributed by atoms with van der Waals surface area (Å²) < 4.78 is 0. The fourth-order valence-corrected chi connectivity index (χ4v) is 3.24. The predicted molar refractivity (Wildman–Crippen MR) is 80.2 cm³/mol. The van der Waals surface area contributed by atoms with Crippen molar-refractivity contribution in [1.29, 1.82) is 0 Å². The van der Waals surface area contributed by atoms with Gasteiger partial charge >= 0.3 is 0 Å². The van der Waals surface area contributed by atoms with Gasteiger partial charge in [-0.3, -0.25) is 0 Å². The highest BCUT2D eigenvalue weighted by molar-refractivity contribution is 5.28. The molecule has 2 heteroatoms. The summed E-state index contributed by atoms with van der Waals surface area (Å²) in [5.74, 6) is 0. The Labute approximate surface area is 117 Å². The molecule has 1 aliphatic carbocycles. The van der Waals surface area contributed by atoms with Crippen molar-refractivity contribution in [3.8, 4) is 0 Å². The quantitative estimate of drug-likeness (QED) is 0.849. The van der Waals surface area contributed by atoms with E-state index in [0.717, 1.165) is 19.4 Å². The first-order valence-electron chi connectivity index (χ1n) is 7.57. The van der Waals surface area contributed by atoms with Gasteiger partial charge in [0.25, 0.3) is 0 Å². The number of hydrogen-bond donors (Lipinski definition) is 2. The van der Waals surface area contributed by atoms with E-state index in [2.05, 4.69) is 43.4 Å². The maximum Gasteiger partial charge on any atom is 0.0499 e. The number of aryl methyl sites for hydroxylation is 1. The van der Waals surface area contributed by atoms with E-state index in [0.29, 0.717) is 12.6 Å². The van der Waals surface area contributed by atoms with E-state index < -0.39 is 0 Å². The summed E-state index contributed by atoms with van der Waals surface area (Å²) in [6, 6.07) is 8.90. The molecular formula is C17H27NO. The minimum absolute atomic E-state index is 0.120. The van der Waals surface area contributed by atoms with Crippen LogP contribution in [0.15, 0.2) is 24.3 Å². The lowest BCUT2D eigenvalue weighted by Crippen LogP contribution is -2.40. The van der Waals surface area contributed by atoms with Crippen molar-refractivity contribution in [2.75, 3.05) is 13.2 Å². The van der Waals surface area contributed by atoms with Crippen molar-refractivity contribution < 1.29 is 5.11 Å². The van der Waals surface area contributed by atoms with E-state index >= 15 is 0 Å². The smallest absolute Gasteiger partial charge is 0.0499 e. The number of nitrogens with one attached hydrogen (secondary N) is 1. The lowest BCUT2D eigenvalue weighted by Gasteiger charge is -2.37. The zero-order chi connectivity index (χ0) is 13.7. The standard InChI is InChI=1S/C17H27NO/c1-14-8-4-5-9-16(14)15(2)18-12-17(13-19)10-6-3-7-11-17/h4-5,8-9,15,18-19H,3,6-7,10-13H2,1-2H3/t15-/m0/s1. The molecule has 0 bridgehead atoms. The van der Waals surface area contributed by atoms with Gasteiger partial charge in [0.15, 0.2) is 0 Å². The minimum atomic E-state index is 0.120. The van der Waals surface area contributed by atoms with Crippen LogP contribution in [0, 0.1) is 12.3 Å². The van der Waals surface area contributed by atoms with Gasteiger partial charge < -0.3 is 10.4 Å². The van der Waals surface area contributed by atoms with Gasteiger partial charge in [-0.25, -0.2) is 0 Å². The molecule has 0 aromatic heterocycles. The molecule has 2 rings (SSSR count). The third-order valence-electron chi connectivity index (χ3n) is 4.69. The largest absolute Gasteiger partial charge is 0.396 e. The van der Waals surface area contributed by atoms with Gasteiger partial charge in [0.05, 0.1) is 0 Å². The third kappa shape index (κ3) is 3.58. The summed E-state index contributed by atoms with van der Waals surface area (Å²) in [6.07, 6.45) is 6.19. The summed E-state index contributed by atoms with van der Waals surface area (Å²) in [7, 11) is 0. The van der Waals surface area contributed by atoms with Crippen molar-refractivity contribution >= 4 is 0 Å². The fourth-order valence-electron chi connectivity index (χ4n) is 3.24. The Balaban J connectivity index is 1.95. The minimum Gasteiger partial charge on any atom is -0.396 e. The van der Waals surface area contributed by atoms with E-state index in [1.165, 1.54) is 30.4 Å². The molecule has 0 amide bonds. The van der Waals surface area contributed by atoms with Gasteiger partial charge in [-0.05, 0) is 37.8 Å². The third-order valence-corrected chi connectivity index (χ3v) is 4.69. The number of benzene rings is 1. The van der Waals surface area contributed by atoms with E-state index in [1.54, 1.807) is 0 Å². The van der Waals surface area contributed by atoms with E-state index in [1.807, 2.05) is 0 Å². The van der Waals surface area contributed by atoms with Crippen LogP contribution in [-0.2, 0) is 0 Å². The summed E-state index contributed by atoms with van der Waals surface area (Å²) in [5, 5.41) is 13.4. The highest BCUT2D eigenvalue weighted by Crippen LogP contribution is 2.35. The van der Waals surface area contributed by atoms with Crippen LogP contribution in [0.5, 0.6) is 0 Å². The van der Waals surface area contributed by atoms with Gasteiger partial charge in [-0.15, -0.1) is 0 Å². The molecule has 0 saturated heterocycles. The molecular weight excluding hydrogens is 234 g/mol. The molecule has 0 aliphatic heterocycles. The molecule has 0 radical (unpaired) electrons. The molecule has 1 aliphatic rings. The first kappa shape index (κ1) is 14.5. The lowest BCUT2D eigenvalue weighted by molar-refractivity contribution is 0.0788. The van der Waals surface area contributed by atoms with Crippen LogP contribution < -0.4 is 5.32 Å². The van der Waals surface area contributed by atoms with Crippen molar-refractivity contribution in [3.05, 3.63) is 35.4 Å². The van der Waals surface area contributed by atoms with Crippen LogP contribution in [0.2, 0.25) is 0 Å². The molecule has 0 unspecified atom stereocenters. The summed E-state index contributed by atoms with van der Waals surface area (Å²) in [6.45, 7) is 5.63. The van der Waals surface area contributed by atoms with Crippen molar-refractivity contribution in [1.82, 2.24) is 5.32 Å². The Morgan fingerprint density at radius 3 is 2.53 bits per heavy atom. The molecule has 19 heavy (non-hydrogen) atoms. The Hall–Kier alpha value is -0.860. The Morgan fingerprint density at radius 1 is 1.21 bits per heavy atom. The molecule has 2 N–H and O–H groups in total. The van der Waals surface area contributed by atoms with Crippen molar-refractivity contribution in [2.24, 2.45) is 5.41 Å². The molecule has 1 fully saturated rings. The maximum atomic E-state index is 9.74. The van der Waals surface area contributed by atoms with Crippen LogP contribution in [0.25, 0.3) is 0 Å². The predicted octanol–water partition coefficient (Wildman–Crippen LogP) is 3.59. The Kier molecular flexibility index (Phi) is 5.00. The van der Waals surface area contributed by atoms with Gasteiger partial charge in [0, 0.05) is 24.6 Å². The van der Waals surface area contributed by atoms with Crippen LogP contribution in [0.3, 0.4) is 0 Å². The maximum absolute atomic E-state index is 9.74. The molecule has 0 heterocycles. The fraction of sp³-hybridized carbons (Fsp3) is 0.647. The topological polar surface area (TPSA) is 32.3 Å². The average Bonchev–Trinajstić information content (AvgIpc) is 2.46. The second-order valence-corrected chi connectivity index (χ2v) is 6.18. The monoisotopic (exact) mass is 261 g/mol. The second-order valence-electron chi connectivity index (χ2n) is 6.18. The zero-order valence-corrected chi connectivity index (χ0v) is 12.3. The molecule has 1 aromatic rings. The second kappa shape index (κ2) is 6.53. The van der Waals surface area contributed by atoms with Gasteiger partial charge in [0.1, 0.15) is 0 Å². The van der Waals surface area contributed by atoms with Crippen LogP contribution >= 0.6 is 0 Å². The van der Waals surface area contributed by atoms with Crippen LogP contribution in [0.4, 0.5) is 0 Å². The van der Waals surface area contributed by atoms with Gasteiger partial charge in [0.2, 0.25) is 0 Å². The van der Waals surface area contributed by atoms with Gasteiger partial charge in [-0.2, -0.15) is 0 Å². The summed E-state index contributed by atoms with van der Waals surface area (Å²) in [5.41, 5.74) is 2.82. The summed E-state index contributed by atoms with van der Waals surface area (Å²) in [4.78, 5) is 0. The molecule has 106 valence electrons. The lowest BCUT2D eigenvalue weighted by atomic mass is 9.74. The summed E-state index contributed by atoms with van der Waals surface area (Å²) >= 11 is 0. The number of aliphatic hydroxyl groups excluding tert-OH is 1. The highest BCUT2D eigenvalue weighted by Gasteiger charge is 2.31. The first-order valence-corrected chi connectivity index (χ1v) is 7.57. The number of aliphatic hydroxyl groups is 1. The molecule has 0 spiro atoms. The first-order chi connectivity index (χ1) is 9.17. The number of hydrogen-bond acceptors (Lipinski definition) is 2. The van der Waals surface area contributed by atoms with Crippen LogP contribution in [-0.4, -0.2) is 18.3 Å². The molecule has 1 saturated carbocycles. The van der Waals surface area contributed by atoms with Crippen molar-refractivity contribution in [2.45, 2.75) is 52.0 Å². The normalized spacial score (nSPS) is 20.2. The van der Waals surface area contributed by atoms with Crippen molar-refractivity contribution in [3.63, 3.8) is 0 Å². The average molecular weight is 261 g/mol. The van der Waals surface area contributed by atoms with E-state index in [4.69, 9.17) is 0 Å². The zero-order valence-electron chi connectivity index (χ0n) is 12.3. The highest BCUT2D eigenvalue weighted by atomic mass is 16.3.